The molecule has 0 fully saturated rings. The Morgan fingerprint density at radius 1 is 1.20 bits per heavy atom. The monoisotopic (exact) mass is 449 g/mol. The summed E-state index contributed by atoms with van der Waals surface area (Å²) in [4.78, 5) is 12.4. The zero-order valence-corrected chi connectivity index (χ0v) is 15.6. The summed E-state index contributed by atoms with van der Waals surface area (Å²) in [5.41, 5.74) is 1.98. The van der Waals surface area contributed by atoms with Gasteiger partial charge in [-0.05, 0) is 59.0 Å². The molecule has 0 bridgehead atoms. The van der Waals surface area contributed by atoms with E-state index in [2.05, 4.69) is 27.9 Å². The van der Waals surface area contributed by atoms with E-state index in [0.717, 1.165) is 9.13 Å². The number of ether oxygens (including phenoxy) is 1. The third-order valence-electron chi connectivity index (χ3n) is 3.66. The number of rotatable bonds is 5. The van der Waals surface area contributed by atoms with Crippen LogP contribution in [0, 0.1) is 3.57 Å². The molecular formula is C19H16INO4. The normalized spacial score (nSPS) is 10.5. The zero-order chi connectivity index (χ0) is 17.8. The maximum absolute atomic E-state index is 12.4. The number of benzene rings is 2. The van der Waals surface area contributed by atoms with Gasteiger partial charge in [-0.2, -0.15) is 0 Å². The Labute approximate surface area is 158 Å². The Morgan fingerprint density at radius 2 is 2.00 bits per heavy atom. The van der Waals surface area contributed by atoms with Crippen LogP contribution in [0.3, 0.4) is 0 Å². The van der Waals surface area contributed by atoms with Crippen molar-refractivity contribution in [2.75, 3.05) is 12.4 Å². The number of halogens is 1. The first-order valence-electron chi connectivity index (χ1n) is 7.56. The number of hydrogen-bond donors (Lipinski definition) is 2. The van der Waals surface area contributed by atoms with E-state index in [1.165, 1.54) is 0 Å². The van der Waals surface area contributed by atoms with E-state index >= 15 is 0 Å². The molecule has 0 spiro atoms. The van der Waals surface area contributed by atoms with E-state index in [-0.39, 0.29) is 12.5 Å². The fraction of sp³-hybridized carbons (Fsp3) is 0.105. The van der Waals surface area contributed by atoms with Crippen molar-refractivity contribution in [2.24, 2.45) is 0 Å². The van der Waals surface area contributed by atoms with E-state index in [1.54, 1.807) is 37.4 Å². The smallest absolute Gasteiger partial charge is 0.256 e. The number of methoxy groups -OCH3 is 1. The van der Waals surface area contributed by atoms with Crippen molar-refractivity contribution in [3.05, 3.63) is 69.5 Å². The molecule has 0 aliphatic rings. The molecule has 0 saturated carbocycles. The third-order valence-corrected chi connectivity index (χ3v) is 4.60. The molecule has 3 rings (SSSR count). The Bertz CT molecular complexity index is 904. The number of nitrogens with one attached hydrogen (secondary N) is 1. The SMILES string of the molecule is COc1cc(NC(=O)c2ccccc2I)ccc1-c1ccc(CO)o1. The molecule has 3 aromatic rings. The molecule has 25 heavy (non-hydrogen) atoms. The van der Waals surface area contributed by atoms with Crippen molar-refractivity contribution in [3.63, 3.8) is 0 Å². The summed E-state index contributed by atoms with van der Waals surface area (Å²) in [6, 6.07) is 16.2. The second kappa shape index (κ2) is 7.71. The van der Waals surface area contributed by atoms with Gasteiger partial charge < -0.3 is 19.6 Å². The van der Waals surface area contributed by atoms with Crippen LogP contribution in [0.25, 0.3) is 11.3 Å². The lowest BCUT2D eigenvalue weighted by molar-refractivity contribution is 0.102. The minimum atomic E-state index is -0.180. The summed E-state index contributed by atoms with van der Waals surface area (Å²) in [5, 5.41) is 12.0. The van der Waals surface area contributed by atoms with Crippen molar-refractivity contribution < 1.29 is 19.1 Å². The molecule has 128 valence electrons. The van der Waals surface area contributed by atoms with Gasteiger partial charge >= 0.3 is 0 Å². The summed E-state index contributed by atoms with van der Waals surface area (Å²) in [6.45, 7) is -0.161. The molecule has 1 amide bonds. The average Bonchev–Trinajstić information content (AvgIpc) is 3.11. The van der Waals surface area contributed by atoms with Gasteiger partial charge in [-0.1, -0.05) is 12.1 Å². The Hall–Kier alpha value is -2.32. The number of amides is 1. The fourth-order valence-corrected chi connectivity index (χ4v) is 3.06. The molecule has 0 radical (unpaired) electrons. The summed E-state index contributed by atoms with van der Waals surface area (Å²) < 4.78 is 11.9. The maximum atomic E-state index is 12.4. The van der Waals surface area contributed by atoms with Crippen molar-refractivity contribution in [3.8, 4) is 17.1 Å². The van der Waals surface area contributed by atoms with Crippen molar-refractivity contribution in [1.29, 1.82) is 0 Å². The van der Waals surface area contributed by atoms with Gasteiger partial charge in [0.25, 0.3) is 5.91 Å². The van der Waals surface area contributed by atoms with Crippen LogP contribution < -0.4 is 10.1 Å². The Morgan fingerprint density at radius 3 is 2.68 bits per heavy atom. The largest absolute Gasteiger partial charge is 0.496 e. The third kappa shape index (κ3) is 3.85. The van der Waals surface area contributed by atoms with Gasteiger partial charge in [0.05, 0.1) is 18.2 Å². The number of aliphatic hydroxyl groups excluding tert-OH is 1. The lowest BCUT2D eigenvalue weighted by Crippen LogP contribution is -2.13. The van der Waals surface area contributed by atoms with Crippen LogP contribution in [-0.2, 0) is 6.61 Å². The molecule has 0 atom stereocenters. The molecule has 6 heteroatoms. The standard InChI is InChI=1S/C19H16INO4/c1-24-18-10-12(21-19(23)14-4-2-3-5-16(14)20)6-8-15(18)17-9-7-13(11-22)25-17/h2-10,22H,11H2,1H3,(H,21,23). The van der Waals surface area contributed by atoms with Crippen LogP contribution in [-0.4, -0.2) is 18.1 Å². The summed E-state index contributed by atoms with van der Waals surface area (Å²) >= 11 is 2.13. The molecular weight excluding hydrogens is 433 g/mol. The predicted molar refractivity (Wildman–Crippen MR) is 104 cm³/mol. The van der Waals surface area contributed by atoms with Crippen LogP contribution >= 0.6 is 22.6 Å². The van der Waals surface area contributed by atoms with Crippen LogP contribution in [0.2, 0.25) is 0 Å². The number of carbonyl (C=O) groups excluding carboxylic acids is 1. The van der Waals surface area contributed by atoms with Crippen LogP contribution in [0.5, 0.6) is 5.75 Å². The first kappa shape index (κ1) is 17.5. The lowest BCUT2D eigenvalue weighted by atomic mass is 10.1. The number of furan rings is 1. The Kier molecular flexibility index (Phi) is 5.40. The molecule has 1 aromatic heterocycles. The minimum Gasteiger partial charge on any atom is -0.496 e. The maximum Gasteiger partial charge on any atom is 0.256 e. The highest BCUT2D eigenvalue weighted by molar-refractivity contribution is 14.1. The molecule has 0 saturated heterocycles. The summed E-state index contributed by atoms with van der Waals surface area (Å²) in [5.74, 6) is 1.46. The van der Waals surface area contributed by atoms with Crippen molar-refractivity contribution >= 4 is 34.2 Å². The average molecular weight is 449 g/mol. The van der Waals surface area contributed by atoms with Gasteiger partial charge in [0.15, 0.2) is 0 Å². The van der Waals surface area contributed by atoms with E-state index in [1.807, 2.05) is 24.3 Å². The summed E-state index contributed by atoms with van der Waals surface area (Å²) in [7, 11) is 1.56. The molecule has 0 unspecified atom stereocenters. The highest BCUT2D eigenvalue weighted by Crippen LogP contribution is 2.33. The molecule has 2 aromatic carbocycles. The first-order valence-corrected chi connectivity index (χ1v) is 8.64. The number of aliphatic hydroxyl groups is 1. The highest BCUT2D eigenvalue weighted by Gasteiger charge is 2.14. The van der Waals surface area contributed by atoms with Crippen molar-refractivity contribution in [2.45, 2.75) is 6.61 Å². The quantitative estimate of drug-likeness (QED) is 0.570. The Balaban J connectivity index is 1.86. The van der Waals surface area contributed by atoms with Crippen LogP contribution in [0.15, 0.2) is 59.0 Å². The van der Waals surface area contributed by atoms with Gasteiger partial charge in [0.1, 0.15) is 23.9 Å². The minimum absolute atomic E-state index is 0.161. The van der Waals surface area contributed by atoms with E-state index in [9.17, 15) is 4.79 Å². The molecule has 0 aliphatic heterocycles. The zero-order valence-electron chi connectivity index (χ0n) is 13.5. The van der Waals surface area contributed by atoms with Gasteiger partial charge in [-0.3, -0.25) is 4.79 Å². The molecule has 2 N–H and O–H groups in total. The molecule has 5 nitrogen and oxygen atoms in total. The predicted octanol–water partition coefficient (Wildman–Crippen LogP) is 4.30. The molecule has 1 heterocycles. The van der Waals surface area contributed by atoms with Gasteiger partial charge in [-0.25, -0.2) is 0 Å². The van der Waals surface area contributed by atoms with Crippen LogP contribution in [0.1, 0.15) is 16.1 Å². The second-order valence-electron chi connectivity index (χ2n) is 5.27. The van der Waals surface area contributed by atoms with Gasteiger partial charge in [-0.15, -0.1) is 0 Å². The van der Waals surface area contributed by atoms with Gasteiger partial charge in [0, 0.05) is 15.3 Å². The van der Waals surface area contributed by atoms with Crippen molar-refractivity contribution in [1.82, 2.24) is 0 Å². The fourth-order valence-electron chi connectivity index (χ4n) is 2.42. The second-order valence-corrected chi connectivity index (χ2v) is 6.44. The summed E-state index contributed by atoms with van der Waals surface area (Å²) in [6.07, 6.45) is 0. The van der Waals surface area contributed by atoms with E-state index < -0.39 is 0 Å². The topological polar surface area (TPSA) is 71.7 Å². The highest BCUT2D eigenvalue weighted by atomic mass is 127. The lowest BCUT2D eigenvalue weighted by Gasteiger charge is -2.11. The van der Waals surface area contributed by atoms with Crippen LogP contribution in [0.4, 0.5) is 5.69 Å². The first-order chi connectivity index (χ1) is 12.1. The van der Waals surface area contributed by atoms with Gasteiger partial charge in [0.2, 0.25) is 0 Å². The number of anilines is 1. The number of carbonyl (C=O) groups is 1. The van der Waals surface area contributed by atoms with E-state index in [0.29, 0.717) is 28.5 Å². The number of hydrogen-bond acceptors (Lipinski definition) is 4. The van der Waals surface area contributed by atoms with E-state index in [4.69, 9.17) is 14.3 Å². The molecule has 0 aliphatic carbocycles.